The van der Waals surface area contributed by atoms with E-state index < -0.39 is 15.3 Å². The summed E-state index contributed by atoms with van der Waals surface area (Å²) in [5.74, 6) is 0.324. The second kappa shape index (κ2) is 8.34. The molecule has 3 aliphatic rings. The van der Waals surface area contributed by atoms with Crippen LogP contribution < -0.4 is 5.32 Å². The molecule has 3 fully saturated rings. The third-order valence-corrected chi connectivity index (χ3v) is 8.01. The number of piperidine rings is 1. The van der Waals surface area contributed by atoms with E-state index in [1.54, 1.807) is 4.31 Å². The molecule has 1 N–H and O–H groups in total. The van der Waals surface area contributed by atoms with Gasteiger partial charge in [-0.3, -0.25) is 4.79 Å². The normalized spacial score (nSPS) is 30.1. The van der Waals surface area contributed by atoms with Gasteiger partial charge in [-0.2, -0.15) is 4.31 Å². The van der Waals surface area contributed by atoms with Crippen LogP contribution in [-0.2, 0) is 14.8 Å². The SMILES string of the molecule is CC1CNCCN1S(=O)(=O)C1CCCN(C(=O)C2CCCC2)C1.Cl. The highest BCUT2D eigenvalue weighted by Crippen LogP contribution is 2.29. The van der Waals surface area contributed by atoms with Crippen molar-refractivity contribution in [2.45, 2.75) is 56.7 Å². The number of halogens is 1. The first kappa shape index (κ1) is 19.9. The minimum atomic E-state index is -3.32. The van der Waals surface area contributed by atoms with E-state index in [1.165, 1.54) is 0 Å². The maximum atomic E-state index is 13.0. The van der Waals surface area contributed by atoms with Gasteiger partial charge in [0.2, 0.25) is 15.9 Å². The van der Waals surface area contributed by atoms with Crippen LogP contribution in [0.4, 0.5) is 0 Å². The average Bonchev–Trinajstić information content (AvgIpc) is 3.09. The van der Waals surface area contributed by atoms with E-state index in [1.807, 2.05) is 11.8 Å². The lowest BCUT2D eigenvalue weighted by Crippen LogP contribution is -2.57. The number of nitrogens with one attached hydrogen (secondary N) is 1. The Hall–Kier alpha value is -0.370. The van der Waals surface area contributed by atoms with Crippen molar-refractivity contribution in [3.8, 4) is 0 Å². The van der Waals surface area contributed by atoms with E-state index >= 15 is 0 Å². The molecule has 2 aliphatic heterocycles. The van der Waals surface area contributed by atoms with Gasteiger partial charge in [-0.15, -0.1) is 12.4 Å². The Labute approximate surface area is 151 Å². The maximum absolute atomic E-state index is 13.0. The van der Waals surface area contributed by atoms with Crippen LogP contribution in [0.2, 0.25) is 0 Å². The van der Waals surface area contributed by atoms with Crippen molar-refractivity contribution < 1.29 is 13.2 Å². The summed E-state index contributed by atoms with van der Waals surface area (Å²) in [6, 6.07) is -0.00494. The van der Waals surface area contributed by atoms with Gasteiger partial charge < -0.3 is 10.2 Å². The fraction of sp³-hybridized carbons (Fsp3) is 0.938. The monoisotopic (exact) mass is 379 g/mol. The highest BCUT2D eigenvalue weighted by atomic mass is 35.5. The molecular formula is C16H30ClN3O3S. The zero-order chi connectivity index (χ0) is 16.4. The molecule has 8 heteroatoms. The molecule has 0 aromatic heterocycles. The van der Waals surface area contributed by atoms with Gasteiger partial charge in [0.05, 0.1) is 5.25 Å². The predicted molar refractivity (Wildman–Crippen MR) is 96.8 cm³/mol. The molecule has 0 aromatic carbocycles. The molecule has 2 atom stereocenters. The zero-order valence-corrected chi connectivity index (χ0v) is 16.1. The first-order chi connectivity index (χ1) is 11.0. The van der Waals surface area contributed by atoms with E-state index in [-0.39, 0.29) is 30.3 Å². The first-order valence-corrected chi connectivity index (χ1v) is 10.5. The Morgan fingerprint density at radius 1 is 1.08 bits per heavy atom. The Morgan fingerprint density at radius 2 is 1.79 bits per heavy atom. The highest BCUT2D eigenvalue weighted by molar-refractivity contribution is 7.89. The molecule has 1 aliphatic carbocycles. The van der Waals surface area contributed by atoms with E-state index in [0.29, 0.717) is 32.6 Å². The minimum Gasteiger partial charge on any atom is -0.341 e. The van der Waals surface area contributed by atoms with Gasteiger partial charge in [0.25, 0.3) is 0 Å². The number of hydrogen-bond acceptors (Lipinski definition) is 4. The van der Waals surface area contributed by atoms with Gasteiger partial charge in [-0.05, 0) is 32.6 Å². The number of likely N-dealkylation sites (tertiary alicyclic amines) is 1. The van der Waals surface area contributed by atoms with Crippen molar-refractivity contribution in [2.75, 3.05) is 32.7 Å². The Balaban J connectivity index is 0.00000208. The molecule has 140 valence electrons. The van der Waals surface area contributed by atoms with Crippen LogP contribution in [0, 0.1) is 5.92 Å². The molecule has 0 spiro atoms. The smallest absolute Gasteiger partial charge is 0.225 e. The summed E-state index contributed by atoms with van der Waals surface area (Å²) in [4.78, 5) is 14.4. The summed E-state index contributed by atoms with van der Waals surface area (Å²) < 4.78 is 27.7. The number of carbonyl (C=O) groups excluding carboxylic acids is 1. The van der Waals surface area contributed by atoms with Crippen LogP contribution in [-0.4, -0.2) is 67.5 Å². The van der Waals surface area contributed by atoms with Gasteiger partial charge in [0.1, 0.15) is 0 Å². The van der Waals surface area contributed by atoms with Crippen LogP contribution in [0.15, 0.2) is 0 Å². The van der Waals surface area contributed by atoms with Gasteiger partial charge >= 0.3 is 0 Å². The number of hydrogen-bond donors (Lipinski definition) is 1. The summed E-state index contributed by atoms with van der Waals surface area (Å²) in [5, 5.41) is 2.80. The quantitative estimate of drug-likeness (QED) is 0.800. The van der Waals surface area contributed by atoms with E-state index in [9.17, 15) is 13.2 Å². The Morgan fingerprint density at radius 3 is 2.46 bits per heavy atom. The van der Waals surface area contributed by atoms with Crippen molar-refractivity contribution in [3.63, 3.8) is 0 Å². The van der Waals surface area contributed by atoms with Crippen molar-refractivity contribution in [2.24, 2.45) is 5.92 Å². The third-order valence-electron chi connectivity index (χ3n) is 5.58. The molecule has 2 saturated heterocycles. The Kier molecular flexibility index (Phi) is 6.93. The van der Waals surface area contributed by atoms with E-state index in [0.717, 1.165) is 38.6 Å². The molecule has 2 unspecified atom stereocenters. The molecule has 24 heavy (non-hydrogen) atoms. The number of rotatable bonds is 3. The van der Waals surface area contributed by atoms with Crippen LogP contribution in [0.25, 0.3) is 0 Å². The molecular weight excluding hydrogens is 350 g/mol. The number of sulfonamides is 1. The number of carbonyl (C=O) groups is 1. The molecule has 6 nitrogen and oxygen atoms in total. The number of piperazine rings is 1. The molecule has 0 bridgehead atoms. The highest BCUT2D eigenvalue weighted by Gasteiger charge is 2.40. The molecule has 0 aromatic rings. The van der Waals surface area contributed by atoms with Gasteiger partial charge in [0.15, 0.2) is 0 Å². The largest absolute Gasteiger partial charge is 0.341 e. The maximum Gasteiger partial charge on any atom is 0.225 e. The second-order valence-corrected chi connectivity index (χ2v) is 9.40. The van der Waals surface area contributed by atoms with Crippen molar-refractivity contribution in [1.82, 2.24) is 14.5 Å². The van der Waals surface area contributed by atoms with Crippen molar-refractivity contribution in [3.05, 3.63) is 0 Å². The first-order valence-electron chi connectivity index (χ1n) is 9.00. The molecule has 1 amide bonds. The van der Waals surface area contributed by atoms with E-state index in [4.69, 9.17) is 0 Å². The average molecular weight is 380 g/mol. The molecule has 0 radical (unpaired) electrons. The van der Waals surface area contributed by atoms with Crippen LogP contribution >= 0.6 is 12.4 Å². The van der Waals surface area contributed by atoms with Crippen LogP contribution in [0.1, 0.15) is 45.4 Å². The van der Waals surface area contributed by atoms with E-state index in [2.05, 4.69) is 5.32 Å². The van der Waals surface area contributed by atoms with Gasteiger partial charge in [-0.1, -0.05) is 12.8 Å². The summed E-state index contributed by atoms with van der Waals surface area (Å²) in [5.41, 5.74) is 0. The van der Waals surface area contributed by atoms with Crippen molar-refractivity contribution >= 4 is 28.3 Å². The van der Waals surface area contributed by atoms with Crippen LogP contribution in [0.5, 0.6) is 0 Å². The summed E-state index contributed by atoms with van der Waals surface area (Å²) in [7, 11) is -3.32. The number of nitrogens with zero attached hydrogens (tertiary/aromatic N) is 2. The summed E-state index contributed by atoms with van der Waals surface area (Å²) in [6.45, 7) is 5.01. The lowest BCUT2D eigenvalue weighted by atomic mass is 10.0. The Bertz CT molecular complexity index is 537. The second-order valence-electron chi connectivity index (χ2n) is 7.24. The minimum absolute atomic E-state index is 0. The lowest BCUT2D eigenvalue weighted by molar-refractivity contribution is -0.136. The third kappa shape index (κ3) is 4.06. The van der Waals surface area contributed by atoms with Gasteiger partial charge in [0, 0.05) is 44.7 Å². The summed E-state index contributed by atoms with van der Waals surface area (Å²) >= 11 is 0. The van der Waals surface area contributed by atoms with Crippen molar-refractivity contribution in [1.29, 1.82) is 0 Å². The fourth-order valence-electron chi connectivity index (χ4n) is 4.20. The fourth-order valence-corrected chi connectivity index (χ4v) is 6.34. The predicted octanol–water partition coefficient (Wildman–Crippen LogP) is 1.21. The molecule has 1 saturated carbocycles. The standard InChI is InChI=1S/C16H29N3O3S.ClH/c1-13-11-17-8-10-19(13)23(21,22)15-7-4-9-18(12-15)16(20)14-5-2-3-6-14;/h13-15,17H,2-12H2,1H3;1H. The topological polar surface area (TPSA) is 69.7 Å². The van der Waals surface area contributed by atoms with Crippen LogP contribution in [0.3, 0.4) is 0 Å². The molecule has 2 heterocycles. The molecule has 3 rings (SSSR count). The lowest BCUT2D eigenvalue weighted by Gasteiger charge is -2.39. The summed E-state index contributed by atoms with van der Waals surface area (Å²) in [6.07, 6.45) is 5.67. The van der Waals surface area contributed by atoms with Gasteiger partial charge in [-0.25, -0.2) is 8.42 Å². The number of amides is 1. The zero-order valence-electron chi connectivity index (χ0n) is 14.4.